The molecule has 0 aliphatic carbocycles. The van der Waals surface area contributed by atoms with Crippen LogP contribution >= 0.6 is 15.4 Å². The van der Waals surface area contributed by atoms with Crippen molar-refractivity contribution in [2.75, 3.05) is 51.5 Å². The van der Waals surface area contributed by atoms with E-state index < -0.39 is 27.1 Å². The Bertz CT molecular complexity index is 1030. The zero-order chi connectivity index (χ0) is 27.3. The molecular formula is C24H37FN2O8P2. The van der Waals surface area contributed by atoms with Crippen molar-refractivity contribution >= 4 is 21.2 Å². The van der Waals surface area contributed by atoms with Crippen molar-refractivity contribution in [1.29, 1.82) is 0 Å². The van der Waals surface area contributed by atoms with Crippen molar-refractivity contribution in [2.45, 2.75) is 40.0 Å². The minimum absolute atomic E-state index is 0.0162. The molecule has 0 bridgehead atoms. The number of ether oxygens (including phenoxy) is 1. The van der Waals surface area contributed by atoms with Gasteiger partial charge in [-0.15, -0.1) is 0 Å². The lowest BCUT2D eigenvalue weighted by Crippen LogP contribution is -2.21. The fourth-order valence-electron chi connectivity index (χ4n) is 3.33. The van der Waals surface area contributed by atoms with Crippen LogP contribution in [0.1, 0.15) is 45.5 Å². The molecule has 1 atom stereocenters. The number of pyridine rings is 1. The van der Waals surface area contributed by atoms with Gasteiger partial charge in [-0.05, 0) is 63.9 Å². The smallest absolute Gasteiger partial charge is 0.475 e. The summed E-state index contributed by atoms with van der Waals surface area (Å²) in [7, 11) is -6.31. The summed E-state index contributed by atoms with van der Waals surface area (Å²) in [6.07, 6.45) is 2.29. The minimum Gasteiger partial charge on any atom is -0.490 e. The van der Waals surface area contributed by atoms with Crippen LogP contribution in [0, 0.1) is 5.82 Å². The molecule has 0 radical (unpaired) electrons. The molecule has 0 spiro atoms. The monoisotopic (exact) mass is 562 g/mol. The second kappa shape index (κ2) is 15.5. The van der Waals surface area contributed by atoms with E-state index in [-0.39, 0.29) is 44.3 Å². The van der Waals surface area contributed by atoms with Crippen molar-refractivity contribution in [2.24, 2.45) is 0 Å². The third-order valence-electron chi connectivity index (χ3n) is 4.88. The summed E-state index contributed by atoms with van der Waals surface area (Å²) < 4.78 is 74.3. The lowest BCUT2D eigenvalue weighted by atomic mass is 10.2. The molecule has 208 valence electrons. The maximum Gasteiger partial charge on any atom is 0.475 e. The Labute approximate surface area is 218 Å². The van der Waals surface area contributed by atoms with Crippen molar-refractivity contribution in [1.82, 2.24) is 4.98 Å². The molecular weight excluding hydrogens is 525 g/mol. The van der Waals surface area contributed by atoms with Gasteiger partial charge in [-0.1, -0.05) is 12.1 Å². The Balaban J connectivity index is 2.27. The minimum atomic E-state index is -4.16. The highest BCUT2D eigenvalue weighted by Gasteiger charge is 2.44. The molecule has 10 nitrogen and oxygen atoms in total. The van der Waals surface area contributed by atoms with Gasteiger partial charge < -0.3 is 18.7 Å². The van der Waals surface area contributed by atoms with Gasteiger partial charge in [-0.3, -0.25) is 18.1 Å². The second-order valence-corrected chi connectivity index (χ2v) is 11.3. The van der Waals surface area contributed by atoms with Gasteiger partial charge in [0.05, 0.1) is 33.0 Å². The Morgan fingerprint density at radius 2 is 1.59 bits per heavy atom. The highest BCUT2D eigenvalue weighted by molar-refractivity contribution is 7.55. The van der Waals surface area contributed by atoms with E-state index in [2.05, 4.69) is 4.98 Å². The number of anilines is 1. The molecule has 1 unspecified atom stereocenters. The molecule has 0 saturated heterocycles. The molecule has 0 saturated carbocycles. The second-order valence-electron chi connectivity index (χ2n) is 7.62. The number of halogens is 1. The first kappa shape index (κ1) is 31.4. The third-order valence-corrected chi connectivity index (χ3v) is 8.88. The maximum atomic E-state index is 14.6. The first-order chi connectivity index (χ1) is 17.7. The molecule has 0 amide bonds. The number of aromatic nitrogens is 1. The van der Waals surface area contributed by atoms with Gasteiger partial charge in [0.25, 0.3) is 0 Å². The van der Waals surface area contributed by atoms with Gasteiger partial charge in [0.1, 0.15) is 5.82 Å². The zero-order valence-corrected chi connectivity index (χ0v) is 23.8. The summed E-state index contributed by atoms with van der Waals surface area (Å²) >= 11 is 0. The van der Waals surface area contributed by atoms with Crippen LogP contribution in [0.5, 0.6) is 5.75 Å². The Morgan fingerprint density at radius 1 is 0.946 bits per heavy atom. The van der Waals surface area contributed by atoms with Crippen LogP contribution in [0.15, 0.2) is 42.6 Å². The van der Waals surface area contributed by atoms with Crippen molar-refractivity contribution in [3.8, 4) is 5.75 Å². The van der Waals surface area contributed by atoms with Crippen LogP contribution in [-0.2, 0) is 31.7 Å². The average molecular weight is 563 g/mol. The molecule has 2 rings (SSSR count). The summed E-state index contributed by atoms with van der Waals surface area (Å²) in [5, 5.41) is 0. The number of hydrogen-bond acceptors (Lipinski definition) is 10. The number of nitrogens with zero attached hydrogens (tertiary/aromatic N) is 2. The Hall–Kier alpha value is -1.84. The van der Waals surface area contributed by atoms with Crippen LogP contribution in [-0.4, -0.2) is 51.6 Å². The first-order valence-electron chi connectivity index (χ1n) is 12.2. The third kappa shape index (κ3) is 9.45. The number of hydrogen-bond donors (Lipinski definition) is 0. The number of benzene rings is 1. The lowest BCUT2D eigenvalue weighted by molar-refractivity contribution is 0.0891. The highest BCUT2D eigenvalue weighted by atomic mass is 31.2. The van der Waals surface area contributed by atoms with Gasteiger partial charge in [0.2, 0.25) is 0 Å². The van der Waals surface area contributed by atoms with Crippen LogP contribution in [0.4, 0.5) is 10.2 Å². The van der Waals surface area contributed by atoms with Gasteiger partial charge in [-0.2, -0.15) is 0 Å². The summed E-state index contributed by atoms with van der Waals surface area (Å²) in [5.74, 6) is -1.42. The fraction of sp³-hybridized carbons (Fsp3) is 0.542. The van der Waals surface area contributed by atoms with E-state index in [9.17, 15) is 13.5 Å². The topological polar surface area (TPSA) is 106 Å². The standard InChI is InChI=1S/C24H37FN2O8P2/c1-6-31-36(28,32-7-2)24(35-37(29,33-8-3)34-9-4)20-14-15-21(25)22(19-20)30-18-12-17-27(5)23-13-10-11-16-26-23/h10-11,13-16,19,24H,6-9,12,17-18H2,1-5H3. The largest absolute Gasteiger partial charge is 0.490 e. The van der Waals surface area contributed by atoms with E-state index in [0.29, 0.717) is 13.0 Å². The quantitative estimate of drug-likeness (QED) is 0.146. The van der Waals surface area contributed by atoms with Crippen LogP contribution in [0.2, 0.25) is 0 Å². The Morgan fingerprint density at radius 3 is 2.16 bits per heavy atom. The maximum absolute atomic E-state index is 14.6. The predicted molar refractivity (Wildman–Crippen MR) is 140 cm³/mol. The van der Waals surface area contributed by atoms with E-state index in [1.165, 1.54) is 12.1 Å². The molecule has 0 fully saturated rings. The van der Waals surface area contributed by atoms with Crippen LogP contribution in [0.3, 0.4) is 0 Å². The summed E-state index contributed by atoms with van der Waals surface area (Å²) in [6.45, 7) is 7.41. The van der Waals surface area contributed by atoms with Gasteiger partial charge >= 0.3 is 15.4 Å². The molecule has 0 N–H and O–H groups in total. The van der Waals surface area contributed by atoms with Gasteiger partial charge in [-0.25, -0.2) is 13.9 Å². The normalized spacial score (nSPS) is 12.9. The summed E-state index contributed by atoms with van der Waals surface area (Å²) in [5.41, 5.74) is 0.173. The predicted octanol–water partition coefficient (Wildman–Crippen LogP) is 6.59. The van der Waals surface area contributed by atoms with Crippen LogP contribution < -0.4 is 9.64 Å². The fourth-order valence-corrected chi connectivity index (χ4v) is 6.93. The van der Waals surface area contributed by atoms with Crippen molar-refractivity contribution in [3.63, 3.8) is 0 Å². The average Bonchev–Trinajstić information content (AvgIpc) is 2.87. The van der Waals surface area contributed by atoms with Gasteiger partial charge in [0.15, 0.2) is 17.4 Å². The molecule has 13 heteroatoms. The molecule has 0 aliphatic rings. The van der Waals surface area contributed by atoms with E-state index in [1.54, 1.807) is 33.9 Å². The van der Waals surface area contributed by atoms with E-state index >= 15 is 0 Å². The summed E-state index contributed by atoms with van der Waals surface area (Å²) in [6, 6.07) is 9.45. The molecule has 37 heavy (non-hydrogen) atoms. The highest BCUT2D eigenvalue weighted by Crippen LogP contribution is 2.67. The van der Waals surface area contributed by atoms with Gasteiger partial charge in [0, 0.05) is 19.8 Å². The number of phosphoric ester groups is 1. The summed E-state index contributed by atoms with van der Waals surface area (Å²) in [4.78, 5) is 6.24. The number of phosphoric acid groups is 1. The zero-order valence-electron chi connectivity index (χ0n) is 22.0. The molecule has 1 aromatic heterocycles. The van der Waals surface area contributed by atoms with Crippen molar-refractivity contribution < 1.29 is 40.9 Å². The molecule has 1 heterocycles. The lowest BCUT2D eigenvalue weighted by Gasteiger charge is -2.29. The molecule has 2 aromatic rings. The van der Waals surface area contributed by atoms with E-state index in [0.717, 1.165) is 11.9 Å². The molecule has 1 aromatic carbocycles. The van der Waals surface area contributed by atoms with Crippen molar-refractivity contribution in [3.05, 3.63) is 54.0 Å². The van der Waals surface area contributed by atoms with E-state index in [4.69, 9.17) is 27.4 Å². The van der Waals surface area contributed by atoms with Crippen LogP contribution in [0.25, 0.3) is 0 Å². The first-order valence-corrected chi connectivity index (χ1v) is 15.3. The van der Waals surface area contributed by atoms with E-state index in [1.807, 2.05) is 30.1 Å². The SMILES string of the molecule is CCOP(=O)(OCC)OC(c1ccc(F)c(OCCCN(C)c2ccccn2)c1)P(=O)(OCC)OCC. The Kier molecular flexibility index (Phi) is 13.2. The molecule has 0 aliphatic heterocycles. The number of rotatable bonds is 18.